The van der Waals surface area contributed by atoms with Crippen LogP contribution in [0.25, 0.3) is 0 Å². The number of piperidine rings is 1. The van der Waals surface area contributed by atoms with Gasteiger partial charge in [0.1, 0.15) is 0 Å². The highest BCUT2D eigenvalue weighted by molar-refractivity contribution is 5.82. The first-order valence-electron chi connectivity index (χ1n) is 6.35. The van der Waals surface area contributed by atoms with Crippen LogP contribution in [0, 0.1) is 0 Å². The molecule has 3 N–H and O–H groups in total. The quantitative estimate of drug-likeness (QED) is 0.646. The first-order valence-corrected chi connectivity index (χ1v) is 6.35. The topological polar surface area (TPSA) is 78.4 Å². The number of nitrogens with one attached hydrogen (secondary N) is 2. The van der Waals surface area contributed by atoms with Crippen molar-refractivity contribution in [1.29, 1.82) is 0 Å². The van der Waals surface area contributed by atoms with Crippen LogP contribution in [0.5, 0.6) is 0 Å². The van der Waals surface area contributed by atoms with Gasteiger partial charge in [0.15, 0.2) is 0 Å². The fourth-order valence-corrected chi connectivity index (χ4v) is 2.05. The van der Waals surface area contributed by atoms with Gasteiger partial charge in [-0.25, -0.2) is 0 Å². The molecule has 0 bridgehead atoms. The van der Waals surface area contributed by atoms with E-state index >= 15 is 0 Å². The van der Waals surface area contributed by atoms with Crippen molar-refractivity contribution in [3.05, 3.63) is 0 Å². The van der Waals surface area contributed by atoms with Gasteiger partial charge in [-0.3, -0.25) is 9.59 Å². The number of hydrogen-bond acceptors (Lipinski definition) is 3. The van der Waals surface area contributed by atoms with Crippen LogP contribution in [0.1, 0.15) is 45.4 Å². The number of aliphatic carboxylic acids is 1. The van der Waals surface area contributed by atoms with Crippen molar-refractivity contribution in [2.45, 2.75) is 57.5 Å². The molecule has 1 aliphatic heterocycles. The highest BCUT2D eigenvalue weighted by atomic mass is 16.4. The van der Waals surface area contributed by atoms with Gasteiger partial charge in [0.2, 0.25) is 5.91 Å². The van der Waals surface area contributed by atoms with E-state index in [4.69, 9.17) is 5.11 Å². The fourth-order valence-electron chi connectivity index (χ4n) is 2.05. The second kappa shape index (κ2) is 7.27. The molecular weight excluding hydrogens is 220 g/mol. The van der Waals surface area contributed by atoms with Gasteiger partial charge in [0, 0.05) is 12.5 Å². The van der Waals surface area contributed by atoms with Crippen LogP contribution < -0.4 is 10.6 Å². The van der Waals surface area contributed by atoms with Crippen molar-refractivity contribution in [2.24, 2.45) is 0 Å². The third-order valence-corrected chi connectivity index (χ3v) is 3.04. The van der Waals surface area contributed by atoms with Gasteiger partial charge in [0.05, 0.1) is 6.04 Å². The van der Waals surface area contributed by atoms with Crippen LogP contribution >= 0.6 is 0 Å². The van der Waals surface area contributed by atoms with Gasteiger partial charge in [-0.05, 0) is 39.2 Å². The third-order valence-electron chi connectivity index (χ3n) is 3.04. The Bertz CT molecular complexity index is 262. The van der Waals surface area contributed by atoms with E-state index in [0.29, 0.717) is 12.8 Å². The van der Waals surface area contributed by atoms with Crippen molar-refractivity contribution >= 4 is 11.9 Å². The summed E-state index contributed by atoms with van der Waals surface area (Å²) < 4.78 is 0. The van der Waals surface area contributed by atoms with Gasteiger partial charge in [-0.1, -0.05) is 6.42 Å². The van der Waals surface area contributed by atoms with Crippen LogP contribution in [-0.4, -0.2) is 35.6 Å². The second-order valence-corrected chi connectivity index (χ2v) is 4.70. The minimum Gasteiger partial charge on any atom is -0.481 e. The van der Waals surface area contributed by atoms with Gasteiger partial charge in [-0.2, -0.15) is 0 Å². The lowest BCUT2D eigenvalue weighted by molar-refractivity contribution is -0.137. The van der Waals surface area contributed by atoms with Gasteiger partial charge < -0.3 is 15.7 Å². The zero-order valence-electron chi connectivity index (χ0n) is 10.4. The molecule has 0 aromatic rings. The summed E-state index contributed by atoms with van der Waals surface area (Å²) in [5.74, 6) is -0.731. The average molecular weight is 242 g/mol. The SMILES string of the molecule is CC(CCCC(=O)O)NC(=O)C1CCCCN1. The lowest BCUT2D eigenvalue weighted by atomic mass is 10.0. The lowest BCUT2D eigenvalue weighted by Crippen LogP contribution is -2.48. The molecule has 2 atom stereocenters. The molecule has 1 heterocycles. The molecule has 1 aliphatic rings. The maximum atomic E-state index is 11.8. The summed E-state index contributed by atoms with van der Waals surface area (Å²) >= 11 is 0. The number of rotatable bonds is 6. The van der Waals surface area contributed by atoms with E-state index in [-0.39, 0.29) is 24.4 Å². The third kappa shape index (κ3) is 5.68. The fraction of sp³-hybridized carbons (Fsp3) is 0.833. The number of hydrogen-bond donors (Lipinski definition) is 3. The summed E-state index contributed by atoms with van der Waals surface area (Å²) in [6.07, 6.45) is 4.62. The van der Waals surface area contributed by atoms with E-state index in [2.05, 4.69) is 10.6 Å². The predicted octanol–water partition coefficient (Wildman–Crippen LogP) is 0.888. The van der Waals surface area contributed by atoms with Crippen LogP contribution in [-0.2, 0) is 9.59 Å². The number of carbonyl (C=O) groups excluding carboxylic acids is 1. The molecule has 5 heteroatoms. The molecular formula is C12H22N2O3. The molecule has 0 radical (unpaired) electrons. The molecule has 0 aromatic heterocycles. The van der Waals surface area contributed by atoms with E-state index in [1.807, 2.05) is 6.92 Å². The standard InChI is InChI=1S/C12H22N2O3/c1-9(5-4-7-11(15)16)14-12(17)10-6-2-3-8-13-10/h9-10,13H,2-8H2,1H3,(H,14,17)(H,15,16). The highest BCUT2D eigenvalue weighted by Gasteiger charge is 2.21. The zero-order chi connectivity index (χ0) is 12.7. The van der Waals surface area contributed by atoms with Gasteiger partial charge in [-0.15, -0.1) is 0 Å². The summed E-state index contributed by atoms with van der Waals surface area (Å²) in [6, 6.07) is -0.0174. The van der Waals surface area contributed by atoms with E-state index in [9.17, 15) is 9.59 Å². The maximum absolute atomic E-state index is 11.8. The van der Waals surface area contributed by atoms with Crippen molar-refractivity contribution in [2.75, 3.05) is 6.54 Å². The van der Waals surface area contributed by atoms with Crippen molar-refractivity contribution < 1.29 is 14.7 Å². The zero-order valence-corrected chi connectivity index (χ0v) is 10.4. The van der Waals surface area contributed by atoms with E-state index in [1.165, 1.54) is 0 Å². The van der Waals surface area contributed by atoms with Crippen LogP contribution in [0.3, 0.4) is 0 Å². The summed E-state index contributed by atoms with van der Waals surface area (Å²) in [5, 5.41) is 14.6. The van der Waals surface area contributed by atoms with Crippen molar-refractivity contribution in [1.82, 2.24) is 10.6 Å². The van der Waals surface area contributed by atoms with Crippen molar-refractivity contribution in [3.8, 4) is 0 Å². The Hall–Kier alpha value is -1.10. The number of amides is 1. The van der Waals surface area contributed by atoms with Crippen LogP contribution in [0.2, 0.25) is 0 Å². The molecule has 0 aliphatic carbocycles. The monoisotopic (exact) mass is 242 g/mol. The molecule has 1 rings (SSSR count). The van der Waals surface area contributed by atoms with Gasteiger partial charge in [0.25, 0.3) is 0 Å². The molecule has 0 spiro atoms. The summed E-state index contributed by atoms with van der Waals surface area (Å²) in [5.41, 5.74) is 0. The lowest BCUT2D eigenvalue weighted by Gasteiger charge is -2.24. The van der Waals surface area contributed by atoms with Crippen LogP contribution in [0.15, 0.2) is 0 Å². The summed E-state index contributed by atoms with van der Waals surface area (Å²) in [6.45, 7) is 2.83. The molecule has 98 valence electrons. The molecule has 17 heavy (non-hydrogen) atoms. The molecule has 5 nitrogen and oxygen atoms in total. The Morgan fingerprint density at radius 2 is 2.24 bits per heavy atom. The Kier molecular flexibility index (Phi) is 5.97. The minimum absolute atomic E-state index is 0.0468. The Morgan fingerprint density at radius 3 is 2.82 bits per heavy atom. The predicted molar refractivity (Wildman–Crippen MR) is 64.7 cm³/mol. The van der Waals surface area contributed by atoms with Crippen molar-refractivity contribution in [3.63, 3.8) is 0 Å². The van der Waals surface area contributed by atoms with E-state index in [1.54, 1.807) is 0 Å². The molecule has 1 saturated heterocycles. The smallest absolute Gasteiger partial charge is 0.303 e. The van der Waals surface area contributed by atoms with E-state index in [0.717, 1.165) is 25.8 Å². The molecule has 1 fully saturated rings. The molecule has 0 saturated carbocycles. The number of carboxylic acids is 1. The minimum atomic E-state index is -0.780. The Balaban J connectivity index is 2.18. The number of carboxylic acid groups (broad SMARTS) is 1. The molecule has 2 unspecified atom stereocenters. The van der Waals surface area contributed by atoms with Gasteiger partial charge >= 0.3 is 5.97 Å². The van der Waals surface area contributed by atoms with Crippen LogP contribution in [0.4, 0.5) is 0 Å². The first kappa shape index (κ1) is 14.0. The summed E-state index contributed by atoms with van der Waals surface area (Å²) in [4.78, 5) is 22.2. The molecule has 1 amide bonds. The number of carbonyl (C=O) groups is 2. The maximum Gasteiger partial charge on any atom is 0.303 e. The Morgan fingerprint density at radius 1 is 1.47 bits per heavy atom. The average Bonchev–Trinajstić information content (AvgIpc) is 2.29. The normalized spacial score (nSPS) is 21.8. The van der Waals surface area contributed by atoms with E-state index < -0.39 is 5.97 Å². The first-order chi connectivity index (χ1) is 8.09. The summed E-state index contributed by atoms with van der Waals surface area (Å²) in [7, 11) is 0. The highest BCUT2D eigenvalue weighted by Crippen LogP contribution is 2.08. The largest absolute Gasteiger partial charge is 0.481 e. The molecule has 0 aromatic carbocycles. The second-order valence-electron chi connectivity index (χ2n) is 4.70. The Labute approximate surface area is 102 Å².